The van der Waals surface area contributed by atoms with E-state index in [-0.39, 0.29) is 36.4 Å². The van der Waals surface area contributed by atoms with Crippen molar-refractivity contribution in [3.8, 4) is 0 Å². The summed E-state index contributed by atoms with van der Waals surface area (Å²) in [4.78, 5) is 16.5. The zero-order valence-electron chi connectivity index (χ0n) is 14.5. The van der Waals surface area contributed by atoms with Crippen molar-refractivity contribution in [1.29, 1.82) is 0 Å². The Hall–Kier alpha value is -1.15. The van der Waals surface area contributed by atoms with Crippen LogP contribution in [0.4, 0.5) is 14.5 Å². The molecule has 2 aliphatic heterocycles. The second-order valence-electron chi connectivity index (χ2n) is 6.47. The van der Waals surface area contributed by atoms with E-state index in [4.69, 9.17) is 10.5 Å². The number of ether oxygens (including phenoxy) is 1. The van der Waals surface area contributed by atoms with Gasteiger partial charge in [-0.1, -0.05) is 0 Å². The minimum atomic E-state index is -0.537. The molecule has 0 saturated carbocycles. The average Bonchev–Trinajstić information content (AvgIpc) is 2.64. The summed E-state index contributed by atoms with van der Waals surface area (Å²) in [6, 6.07) is 3.44. The summed E-state index contributed by atoms with van der Waals surface area (Å²) in [5.74, 6) is -0.846. The molecular formula is C17H25Cl2F2N3O2. The van der Waals surface area contributed by atoms with Crippen molar-refractivity contribution in [1.82, 2.24) is 4.90 Å². The lowest BCUT2D eigenvalue weighted by Crippen LogP contribution is -2.56. The van der Waals surface area contributed by atoms with Gasteiger partial charge in [0.25, 0.3) is 0 Å². The smallest absolute Gasteiger partial charge is 0.230 e. The number of hydrogen-bond acceptors (Lipinski definition) is 4. The largest absolute Gasteiger partial charge is 0.381 e. The number of nitrogens with zero attached hydrogens (tertiary/aromatic N) is 2. The molecule has 0 bridgehead atoms. The Morgan fingerprint density at radius 3 is 2.31 bits per heavy atom. The van der Waals surface area contributed by atoms with Crippen LogP contribution in [-0.2, 0) is 9.53 Å². The Bertz CT molecular complexity index is 608. The van der Waals surface area contributed by atoms with Crippen LogP contribution in [0, 0.1) is 17.0 Å². The maximum Gasteiger partial charge on any atom is 0.230 e. The topological polar surface area (TPSA) is 58.8 Å². The molecule has 0 aromatic heterocycles. The van der Waals surface area contributed by atoms with Gasteiger partial charge in [0.2, 0.25) is 5.91 Å². The van der Waals surface area contributed by atoms with Crippen molar-refractivity contribution in [2.45, 2.75) is 12.8 Å². The molecule has 0 radical (unpaired) electrons. The van der Waals surface area contributed by atoms with Crippen LogP contribution in [0.2, 0.25) is 0 Å². The molecule has 1 amide bonds. The summed E-state index contributed by atoms with van der Waals surface area (Å²) in [6.07, 6.45) is 1.28. The highest BCUT2D eigenvalue weighted by Gasteiger charge is 2.42. The van der Waals surface area contributed by atoms with Gasteiger partial charge in [-0.15, -0.1) is 24.8 Å². The summed E-state index contributed by atoms with van der Waals surface area (Å²) >= 11 is 0. The monoisotopic (exact) mass is 411 g/mol. The van der Waals surface area contributed by atoms with E-state index >= 15 is 0 Å². The van der Waals surface area contributed by atoms with Gasteiger partial charge in [-0.05, 0) is 25.0 Å². The van der Waals surface area contributed by atoms with Crippen molar-refractivity contribution < 1.29 is 18.3 Å². The van der Waals surface area contributed by atoms with E-state index in [2.05, 4.69) is 0 Å². The van der Waals surface area contributed by atoms with Crippen molar-refractivity contribution in [2.24, 2.45) is 11.1 Å². The molecule has 2 fully saturated rings. The highest BCUT2D eigenvalue weighted by Crippen LogP contribution is 2.32. The van der Waals surface area contributed by atoms with Crippen LogP contribution in [0.3, 0.4) is 0 Å². The molecule has 0 spiro atoms. The third-order valence-electron chi connectivity index (χ3n) is 5.11. The molecule has 3 rings (SSSR count). The van der Waals surface area contributed by atoms with Gasteiger partial charge in [-0.2, -0.15) is 0 Å². The Labute approximate surface area is 164 Å². The first-order chi connectivity index (χ1) is 11.6. The van der Waals surface area contributed by atoms with E-state index in [0.29, 0.717) is 58.8 Å². The molecule has 148 valence electrons. The molecule has 1 aromatic carbocycles. The minimum Gasteiger partial charge on any atom is -0.381 e. The number of hydrogen-bond donors (Lipinski definition) is 1. The maximum atomic E-state index is 13.9. The van der Waals surface area contributed by atoms with Crippen molar-refractivity contribution in [2.75, 3.05) is 50.8 Å². The van der Waals surface area contributed by atoms with Crippen LogP contribution >= 0.6 is 24.8 Å². The summed E-state index contributed by atoms with van der Waals surface area (Å²) in [5.41, 5.74) is 5.61. The Balaban J connectivity index is 0.00000169. The van der Waals surface area contributed by atoms with Crippen molar-refractivity contribution in [3.05, 3.63) is 29.8 Å². The number of carbonyl (C=O) groups is 1. The summed E-state index contributed by atoms with van der Waals surface area (Å²) in [5, 5.41) is 0. The lowest BCUT2D eigenvalue weighted by molar-refractivity contribution is -0.147. The summed E-state index contributed by atoms with van der Waals surface area (Å²) in [6.45, 7) is 3.34. The van der Waals surface area contributed by atoms with E-state index in [9.17, 15) is 13.6 Å². The molecule has 0 aliphatic carbocycles. The normalized spacial score (nSPS) is 19.3. The van der Waals surface area contributed by atoms with Gasteiger partial charge in [-0.25, -0.2) is 8.78 Å². The van der Waals surface area contributed by atoms with Crippen molar-refractivity contribution in [3.63, 3.8) is 0 Å². The number of halogens is 4. The van der Waals surface area contributed by atoms with Gasteiger partial charge in [0.05, 0.1) is 11.1 Å². The highest BCUT2D eigenvalue weighted by atomic mass is 35.5. The number of anilines is 1. The number of benzene rings is 1. The van der Waals surface area contributed by atoms with Gasteiger partial charge in [0, 0.05) is 52.0 Å². The van der Waals surface area contributed by atoms with Crippen LogP contribution in [-0.4, -0.2) is 56.7 Å². The third-order valence-corrected chi connectivity index (χ3v) is 5.11. The van der Waals surface area contributed by atoms with Gasteiger partial charge in [0.1, 0.15) is 11.6 Å². The molecule has 2 saturated heterocycles. The fourth-order valence-electron chi connectivity index (χ4n) is 3.48. The Morgan fingerprint density at radius 2 is 1.73 bits per heavy atom. The second kappa shape index (κ2) is 9.69. The standard InChI is InChI=1S/C17H23F2N3O2.2ClH/c18-13-1-2-14(19)15(11-13)21-5-7-22(8-6-21)16(23)17(12-20)3-9-24-10-4-17;;/h1-2,11H,3-10,12,20H2;2*1H. The van der Waals surface area contributed by atoms with Crippen LogP contribution < -0.4 is 10.6 Å². The number of carbonyl (C=O) groups excluding carboxylic acids is 1. The average molecular weight is 412 g/mol. The third kappa shape index (κ3) is 4.57. The first-order valence-corrected chi connectivity index (χ1v) is 8.33. The SMILES string of the molecule is Cl.Cl.NCC1(C(=O)N2CCN(c3cc(F)ccc3F)CC2)CCOCC1. The molecule has 0 atom stereocenters. The fraction of sp³-hybridized carbons (Fsp3) is 0.588. The number of piperazine rings is 1. The predicted octanol–water partition coefficient (Wildman–Crippen LogP) is 2.21. The van der Waals surface area contributed by atoms with Crippen molar-refractivity contribution >= 4 is 36.4 Å². The quantitative estimate of drug-likeness (QED) is 0.827. The van der Waals surface area contributed by atoms with Crippen LogP contribution in [0.25, 0.3) is 0 Å². The van der Waals surface area contributed by atoms with Gasteiger partial charge in [0.15, 0.2) is 0 Å². The zero-order chi connectivity index (χ0) is 17.2. The lowest BCUT2D eigenvalue weighted by atomic mass is 9.78. The van der Waals surface area contributed by atoms with Gasteiger partial charge in [-0.3, -0.25) is 4.79 Å². The predicted molar refractivity (Wildman–Crippen MR) is 101 cm³/mol. The minimum absolute atomic E-state index is 0. The molecule has 9 heteroatoms. The number of amides is 1. The number of rotatable bonds is 3. The van der Waals surface area contributed by atoms with Crippen LogP contribution in [0.5, 0.6) is 0 Å². The molecule has 2 N–H and O–H groups in total. The zero-order valence-corrected chi connectivity index (χ0v) is 16.1. The molecule has 2 aliphatic rings. The van der Waals surface area contributed by atoms with E-state index in [1.807, 2.05) is 0 Å². The first-order valence-electron chi connectivity index (χ1n) is 8.33. The lowest BCUT2D eigenvalue weighted by Gasteiger charge is -2.42. The summed E-state index contributed by atoms with van der Waals surface area (Å²) in [7, 11) is 0. The summed E-state index contributed by atoms with van der Waals surface area (Å²) < 4.78 is 32.6. The number of nitrogens with two attached hydrogens (primary N) is 1. The van der Waals surface area contributed by atoms with Crippen LogP contribution in [0.1, 0.15) is 12.8 Å². The van der Waals surface area contributed by atoms with E-state index in [0.717, 1.165) is 12.1 Å². The molecular weight excluding hydrogens is 387 g/mol. The molecule has 2 heterocycles. The van der Waals surface area contributed by atoms with E-state index < -0.39 is 17.0 Å². The molecule has 26 heavy (non-hydrogen) atoms. The first kappa shape index (κ1) is 22.9. The molecule has 1 aromatic rings. The second-order valence-corrected chi connectivity index (χ2v) is 6.47. The van der Waals surface area contributed by atoms with E-state index in [1.54, 1.807) is 9.80 Å². The fourth-order valence-corrected chi connectivity index (χ4v) is 3.48. The van der Waals surface area contributed by atoms with E-state index in [1.165, 1.54) is 6.07 Å². The molecule has 0 unspecified atom stereocenters. The maximum absolute atomic E-state index is 13.9. The Morgan fingerprint density at radius 1 is 1.12 bits per heavy atom. The Kier molecular flexibility index (Phi) is 8.53. The van der Waals surface area contributed by atoms with Gasteiger partial charge < -0.3 is 20.3 Å². The highest BCUT2D eigenvalue weighted by molar-refractivity contribution is 5.85. The molecule has 5 nitrogen and oxygen atoms in total. The van der Waals surface area contributed by atoms with Crippen LogP contribution in [0.15, 0.2) is 18.2 Å². The van der Waals surface area contributed by atoms with Gasteiger partial charge >= 0.3 is 0 Å².